The summed E-state index contributed by atoms with van der Waals surface area (Å²) in [6, 6.07) is 0. The van der Waals surface area contributed by atoms with Crippen molar-refractivity contribution in [1.82, 2.24) is 0 Å². The highest BCUT2D eigenvalue weighted by atomic mass is 16.1. The Labute approximate surface area is 86.1 Å². The van der Waals surface area contributed by atoms with E-state index in [-0.39, 0.29) is 28.8 Å². The van der Waals surface area contributed by atoms with Gasteiger partial charge >= 0.3 is 0 Å². The zero-order valence-electron chi connectivity index (χ0n) is 9.59. The molecule has 0 saturated heterocycles. The van der Waals surface area contributed by atoms with Gasteiger partial charge in [0.1, 0.15) is 11.6 Å². The molecule has 1 atom stereocenters. The molecule has 1 aliphatic rings. The number of carbonyl (C=O) groups excluding carboxylic acids is 2. The van der Waals surface area contributed by atoms with E-state index in [4.69, 9.17) is 0 Å². The number of hydrogen-bond acceptors (Lipinski definition) is 2. The molecule has 0 aromatic carbocycles. The summed E-state index contributed by atoms with van der Waals surface area (Å²) >= 11 is 0. The zero-order chi connectivity index (χ0) is 10.9. The van der Waals surface area contributed by atoms with Crippen molar-refractivity contribution in [1.29, 1.82) is 0 Å². The minimum absolute atomic E-state index is 0.00919. The van der Waals surface area contributed by atoms with E-state index in [0.29, 0.717) is 12.8 Å². The SMILES string of the molecule is CC(C)C(=O)C1CC(=O)CCC1(C)C. The lowest BCUT2D eigenvalue weighted by Crippen LogP contribution is -2.39. The van der Waals surface area contributed by atoms with Crippen molar-refractivity contribution in [3.05, 3.63) is 0 Å². The Hall–Kier alpha value is -0.660. The van der Waals surface area contributed by atoms with Gasteiger partial charge in [-0.05, 0) is 11.8 Å². The van der Waals surface area contributed by atoms with Crippen molar-refractivity contribution in [2.75, 3.05) is 0 Å². The molecule has 0 aromatic rings. The molecule has 0 heterocycles. The quantitative estimate of drug-likeness (QED) is 0.680. The average Bonchev–Trinajstić information content (AvgIpc) is 2.08. The van der Waals surface area contributed by atoms with E-state index in [2.05, 4.69) is 13.8 Å². The second kappa shape index (κ2) is 3.84. The smallest absolute Gasteiger partial charge is 0.139 e. The Morgan fingerprint density at radius 1 is 1.43 bits per heavy atom. The summed E-state index contributed by atoms with van der Waals surface area (Å²) in [5.41, 5.74) is 0.00919. The third kappa shape index (κ3) is 2.23. The molecule has 0 amide bonds. The fourth-order valence-electron chi connectivity index (χ4n) is 2.13. The van der Waals surface area contributed by atoms with Gasteiger partial charge in [-0.1, -0.05) is 27.7 Å². The summed E-state index contributed by atoms with van der Waals surface area (Å²) in [6.45, 7) is 8.03. The molecule has 1 saturated carbocycles. The first-order valence-electron chi connectivity index (χ1n) is 5.40. The lowest BCUT2D eigenvalue weighted by molar-refractivity contribution is -0.137. The van der Waals surface area contributed by atoms with Gasteiger partial charge in [-0.25, -0.2) is 0 Å². The molecule has 0 bridgehead atoms. The maximum absolute atomic E-state index is 11.9. The van der Waals surface area contributed by atoms with Crippen LogP contribution in [0.1, 0.15) is 47.0 Å². The topological polar surface area (TPSA) is 34.1 Å². The molecule has 0 radical (unpaired) electrons. The van der Waals surface area contributed by atoms with Crippen molar-refractivity contribution in [3.8, 4) is 0 Å². The number of hydrogen-bond donors (Lipinski definition) is 0. The minimum atomic E-state index is -0.0521. The van der Waals surface area contributed by atoms with Crippen LogP contribution >= 0.6 is 0 Å². The predicted molar refractivity (Wildman–Crippen MR) is 56.0 cm³/mol. The molecular formula is C12H20O2. The highest BCUT2D eigenvalue weighted by molar-refractivity contribution is 5.90. The van der Waals surface area contributed by atoms with Crippen LogP contribution < -0.4 is 0 Å². The second-order valence-corrected chi connectivity index (χ2v) is 5.34. The third-order valence-corrected chi connectivity index (χ3v) is 3.34. The third-order valence-electron chi connectivity index (χ3n) is 3.34. The molecule has 1 aliphatic carbocycles. The van der Waals surface area contributed by atoms with E-state index >= 15 is 0 Å². The Balaban J connectivity index is 2.82. The van der Waals surface area contributed by atoms with Crippen LogP contribution in [0, 0.1) is 17.3 Å². The number of rotatable bonds is 2. The molecule has 0 aromatic heterocycles. The van der Waals surface area contributed by atoms with Crippen LogP contribution in [0.2, 0.25) is 0 Å². The molecule has 1 rings (SSSR count). The second-order valence-electron chi connectivity index (χ2n) is 5.34. The van der Waals surface area contributed by atoms with E-state index in [0.717, 1.165) is 6.42 Å². The maximum Gasteiger partial charge on any atom is 0.139 e. The van der Waals surface area contributed by atoms with E-state index in [1.807, 2.05) is 13.8 Å². The molecule has 0 aliphatic heterocycles. The molecule has 0 spiro atoms. The fraction of sp³-hybridized carbons (Fsp3) is 0.833. The summed E-state index contributed by atoms with van der Waals surface area (Å²) in [5, 5.41) is 0. The van der Waals surface area contributed by atoms with Gasteiger partial charge in [-0.15, -0.1) is 0 Å². The van der Waals surface area contributed by atoms with Gasteiger partial charge in [0.15, 0.2) is 0 Å². The molecule has 80 valence electrons. The van der Waals surface area contributed by atoms with Gasteiger partial charge in [-0.3, -0.25) is 9.59 Å². The van der Waals surface area contributed by atoms with Crippen LogP contribution in [-0.2, 0) is 9.59 Å². The Morgan fingerprint density at radius 3 is 2.50 bits per heavy atom. The lowest BCUT2D eigenvalue weighted by atomic mass is 9.65. The van der Waals surface area contributed by atoms with E-state index < -0.39 is 0 Å². The zero-order valence-corrected chi connectivity index (χ0v) is 9.59. The Kier molecular flexibility index (Phi) is 3.13. The lowest BCUT2D eigenvalue weighted by Gasteiger charge is -2.37. The van der Waals surface area contributed by atoms with Crippen molar-refractivity contribution in [3.63, 3.8) is 0 Å². The highest BCUT2D eigenvalue weighted by Crippen LogP contribution is 2.40. The first-order chi connectivity index (χ1) is 6.34. The number of ketones is 2. The highest BCUT2D eigenvalue weighted by Gasteiger charge is 2.40. The molecular weight excluding hydrogens is 176 g/mol. The van der Waals surface area contributed by atoms with Crippen molar-refractivity contribution in [2.24, 2.45) is 17.3 Å². The summed E-state index contributed by atoms with van der Waals surface area (Å²) in [5.74, 6) is 0.500. The van der Waals surface area contributed by atoms with Crippen LogP contribution in [-0.4, -0.2) is 11.6 Å². The summed E-state index contributed by atoms with van der Waals surface area (Å²) < 4.78 is 0. The summed E-state index contributed by atoms with van der Waals surface area (Å²) in [6.07, 6.45) is 1.97. The van der Waals surface area contributed by atoms with Gasteiger partial charge in [0, 0.05) is 24.7 Å². The molecule has 0 N–H and O–H groups in total. The van der Waals surface area contributed by atoms with Crippen molar-refractivity contribution < 1.29 is 9.59 Å². The largest absolute Gasteiger partial charge is 0.300 e. The van der Waals surface area contributed by atoms with Crippen molar-refractivity contribution in [2.45, 2.75) is 47.0 Å². The summed E-state index contributed by atoms with van der Waals surface area (Å²) in [7, 11) is 0. The molecule has 2 nitrogen and oxygen atoms in total. The van der Waals surface area contributed by atoms with Gasteiger partial charge in [-0.2, -0.15) is 0 Å². The van der Waals surface area contributed by atoms with Crippen LogP contribution in [0.3, 0.4) is 0 Å². The van der Waals surface area contributed by atoms with Gasteiger partial charge in [0.05, 0.1) is 0 Å². The van der Waals surface area contributed by atoms with Crippen LogP contribution in [0.25, 0.3) is 0 Å². The monoisotopic (exact) mass is 196 g/mol. The average molecular weight is 196 g/mol. The molecule has 2 heteroatoms. The van der Waals surface area contributed by atoms with Gasteiger partial charge in [0.2, 0.25) is 0 Å². The number of Topliss-reactive ketones (excluding diaryl/α,β-unsaturated/α-hetero) is 2. The Morgan fingerprint density at radius 2 is 2.00 bits per heavy atom. The Bertz CT molecular complexity index is 251. The van der Waals surface area contributed by atoms with E-state index in [1.165, 1.54) is 0 Å². The minimum Gasteiger partial charge on any atom is -0.300 e. The normalized spacial score (nSPS) is 26.6. The number of carbonyl (C=O) groups is 2. The van der Waals surface area contributed by atoms with Gasteiger partial charge in [0.25, 0.3) is 0 Å². The first kappa shape index (κ1) is 11.4. The molecule has 14 heavy (non-hydrogen) atoms. The van der Waals surface area contributed by atoms with Gasteiger partial charge < -0.3 is 0 Å². The van der Waals surface area contributed by atoms with Crippen LogP contribution in [0.15, 0.2) is 0 Å². The van der Waals surface area contributed by atoms with E-state index in [9.17, 15) is 9.59 Å². The fourth-order valence-corrected chi connectivity index (χ4v) is 2.13. The van der Waals surface area contributed by atoms with E-state index in [1.54, 1.807) is 0 Å². The van der Waals surface area contributed by atoms with Crippen LogP contribution in [0.5, 0.6) is 0 Å². The maximum atomic E-state index is 11.9. The van der Waals surface area contributed by atoms with Crippen molar-refractivity contribution >= 4 is 11.6 Å². The van der Waals surface area contributed by atoms with Crippen LogP contribution in [0.4, 0.5) is 0 Å². The molecule has 1 unspecified atom stereocenters. The summed E-state index contributed by atoms with van der Waals surface area (Å²) in [4.78, 5) is 23.2. The molecule has 1 fully saturated rings. The predicted octanol–water partition coefficient (Wildman–Crippen LogP) is 2.61. The standard InChI is InChI=1S/C12H20O2/c1-8(2)11(14)10-7-9(13)5-6-12(10,3)4/h8,10H,5-7H2,1-4H3. The first-order valence-corrected chi connectivity index (χ1v) is 5.40.